The van der Waals surface area contributed by atoms with Crippen LogP contribution in [-0.2, 0) is 6.42 Å². The number of aromatic amines is 1. The summed E-state index contributed by atoms with van der Waals surface area (Å²) < 4.78 is 13.5. The van der Waals surface area contributed by atoms with Gasteiger partial charge in [0.2, 0.25) is 0 Å². The van der Waals surface area contributed by atoms with E-state index in [2.05, 4.69) is 25.9 Å². The van der Waals surface area contributed by atoms with E-state index in [1.54, 1.807) is 18.2 Å². The fourth-order valence-electron chi connectivity index (χ4n) is 3.06. The van der Waals surface area contributed by atoms with Crippen molar-refractivity contribution in [2.24, 2.45) is 4.99 Å². The number of rotatable bonds is 8. The molecule has 31 heavy (non-hydrogen) atoms. The SMILES string of the molecule is CCNC(=NCCc1c[nH]c2ccc(F)cc12)NCCNC(=O)c1ccc(O)cc1.I. The number of aliphatic imine (C=N–C) groups is 1. The summed E-state index contributed by atoms with van der Waals surface area (Å²) in [4.78, 5) is 19.8. The number of phenolic OH excluding ortho intramolecular Hbond substituents is 1. The number of amides is 1. The summed E-state index contributed by atoms with van der Waals surface area (Å²) in [6.07, 6.45) is 2.57. The zero-order valence-corrected chi connectivity index (χ0v) is 19.6. The molecule has 0 atom stereocenters. The quantitative estimate of drug-likeness (QED) is 0.131. The topological polar surface area (TPSA) is 102 Å². The maximum atomic E-state index is 13.5. The summed E-state index contributed by atoms with van der Waals surface area (Å²) in [5, 5.41) is 19.3. The van der Waals surface area contributed by atoms with Crippen LogP contribution in [0.1, 0.15) is 22.8 Å². The molecule has 5 N–H and O–H groups in total. The van der Waals surface area contributed by atoms with E-state index in [1.807, 2.05) is 13.1 Å². The second kappa shape index (κ2) is 12.1. The van der Waals surface area contributed by atoms with Gasteiger partial charge in [-0.05, 0) is 61.4 Å². The molecule has 7 nitrogen and oxygen atoms in total. The maximum Gasteiger partial charge on any atom is 0.251 e. The van der Waals surface area contributed by atoms with E-state index in [1.165, 1.54) is 24.3 Å². The summed E-state index contributed by atoms with van der Waals surface area (Å²) >= 11 is 0. The Morgan fingerprint density at radius 3 is 2.58 bits per heavy atom. The summed E-state index contributed by atoms with van der Waals surface area (Å²) in [6.45, 7) is 4.16. The lowest BCUT2D eigenvalue weighted by atomic mass is 10.1. The molecule has 0 saturated heterocycles. The molecule has 1 aromatic heterocycles. The van der Waals surface area contributed by atoms with Crippen LogP contribution in [0.15, 0.2) is 53.7 Å². The van der Waals surface area contributed by atoms with Crippen molar-refractivity contribution in [3.05, 3.63) is 65.6 Å². The monoisotopic (exact) mass is 539 g/mol. The number of fused-ring (bicyclic) bond motifs is 1. The number of halogens is 2. The van der Waals surface area contributed by atoms with Crippen molar-refractivity contribution >= 4 is 46.7 Å². The van der Waals surface area contributed by atoms with E-state index < -0.39 is 0 Å². The third kappa shape index (κ3) is 7.12. The first kappa shape index (κ1) is 24.4. The average molecular weight is 539 g/mol. The summed E-state index contributed by atoms with van der Waals surface area (Å²) in [5.74, 6) is 0.321. The third-order valence-electron chi connectivity index (χ3n) is 4.56. The van der Waals surface area contributed by atoms with Gasteiger partial charge in [0, 0.05) is 48.8 Å². The summed E-state index contributed by atoms with van der Waals surface area (Å²) in [7, 11) is 0. The van der Waals surface area contributed by atoms with E-state index in [0.717, 1.165) is 16.5 Å². The Kier molecular flexibility index (Phi) is 9.57. The molecule has 0 fully saturated rings. The number of carbonyl (C=O) groups excluding carboxylic acids is 1. The fourth-order valence-corrected chi connectivity index (χ4v) is 3.06. The van der Waals surface area contributed by atoms with Crippen molar-refractivity contribution in [3.63, 3.8) is 0 Å². The highest BCUT2D eigenvalue weighted by Gasteiger charge is 2.06. The third-order valence-corrected chi connectivity index (χ3v) is 4.56. The summed E-state index contributed by atoms with van der Waals surface area (Å²) in [5.41, 5.74) is 2.42. The van der Waals surface area contributed by atoms with Crippen LogP contribution in [-0.4, -0.2) is 48.1 Å². The minimum atomic E-state index is -0.254. The molecule has 0 aliphatic heterocycles. The number of benzene rings is 2. The molecule has 0 bridgehead atoms. The fraction of sp³-hybridized carbons (Fsp3) is 0.273. The number of aromatic nitrogens is 1. The van der Waals surface area contributed by atoms with Gasteiger partial charge in [-0.2, -0.15) is 0 Å². The minimum Gasteiger partial charge on any atom is -0.508 e. The van der Waals surface area contributed by atoms with Crippen molar-refractivity contribution in [2.45, 2.75) is 13.3 Å². The Morgan fingerprint density at radius 1 is 1.10 bits per heavy atom. The second-order valence-electron chi connectivity index (χ2n) is 6.74. The van der Waals surface area contributed by atoms with Gasteiger partial charge in [-0.15, -0.1) is 24.0 Å². The number of guanidine groups is 1. The first-order valence-corrected chi connectivity index (χ1v) is 9.91. The van der Waals surface area contributed by atoms with Crippen LogP contribution in [0.4, 0.5) is 4.39 Å². The van der Waals surface area contributed by atoms with Gasteiger partial charge in [0.25, 0.3) is 5.91 Å². The predicted octanol–water partition coefficient (Wildman–Crippen LogP) is 3.16. The van der Waals surface area contributed by atoms with Crippen LogP contribution in [0.2, 0.25) is 0 Å². The number of H-pyrrole nitrogens is 1. The number of nitrogens with zero attached hydrogens (tertiary/aromatic N) is 1. The lowest BCUT2D eigenvalue weighted by molar-refractivity contribution is 0.0954. The van der Waals surface area contributed by atoms with Gasteiger partial charge < -0.3 is 26.0 Å². The normalized spacial score (nSPS) is 11.1. The van der Waals surface area contributed by atoms with Crippen molar-refractivity contribution in [3.8, 4) is 5.75 Å². The minimum absolute atomic E-state index is 0. The number of nitrogens with one attached hydrogen (secondary N) is 4. The van der Waals surface area contributed by atoms with E-state index in [0.29, 0.717) is 44.1 Å². The van der Waals surface area contributed by atoms with E-state index >= 15 is 0 Å². The van der Waals surface area contributed by atoms with Gasteiger partial charge in [0.1, 0.15) is 11.6 Å². The zero-order chi connectivity index (χ0) is 21.3. The molecule has 1 heterocycles. The number of hydrogen-bond acceptors (Lipinski definition) is 3. The second-order valence-corrected chi connectivity index (χ2v) is 6.74. The van der Waals surface area contributed by atoms with Crippen LogP contribution < -0.4 is 16.0 Å². The molecule has 0 unspecified atom stereocenters. The van der Waals surface area contributed by atoms with Crippen LogP contribution in [0.3, 0.4) is 0 Å². The Balaban J connectivity index is 0.00000341. The largest absolute Gasteiger partial charge is 0.508 e. The molecular weight excluding hydrogens is 512 g/mol. The molecule has 1 amide bonds. The van der Waals surface area contributed by atoms with Gasteiger partial charge in [-0.1, -0.05) is 0 Å². The molecule has 9 heteroatoms. The molecule has 0 aliphatic carbocycles. The molecule has 2 aromatic carbocycles. The Bertz CT molecular complexity index is 1020. The van der Waals surface area contributed by atoms with Crippen molar-refractivity contribution in [1.29, 1.82) is 0 Å². The number of phenols is 1. The van der Waals surface area contributed by atoms with Gasteiger partial charge in [-0.3, -0.25) is 9.79 Å². The predicted molar refractivity (Wildman–Crippen MR) is 132 cm³/mol. The van der Waals surface area contributed by atoms with Crippen LogP contribution >= 0.6 is 24.0 Å². The van der Waals surface area contributed by atoms with Crippen molar-refractivity contribution < 1.29 is 14.3 Å². The molecule has 0 radical (unpaired) electrons. The molecule has 0 saturated carbocycles. The Hall–Kier alpha value is -2.82. The van der Waals surface area contributed by atoms with Gasteiger partial charge in [-0.25, -0.2) is 4.39 Å². The molecule has 166 valence electrons. The van der Waals surface area contributed by atoms with Gasteiger partial charge in [0.05, 0.1) is 0 Å². The van der Waals surface area contributed by atoms with E-state index in [4.69, 9.17) is 0 Å². The zero-order valence-electron chi connectivity index (χ0n) is 17.2. The highest BCUT2D eigenvalue weighted by atomic mass is 127. The van der Waals surface area contributed by atoms with Crippen LogP contribution in [0, 0.1) is 5.82 Å². The van der Waals surface area contributed by atoms with Crippen molar-refractivity contribution in [1.82, 2.24) is 20.9 Å². The Labute approximate surface area is 197 Å². The standard InChI is InChI=1S/C22H26FN5O2.HI/c1-2-24-22(27-12-11-25-21(30)15-3-6-18(29)7-4-15)26-10-9-16-14-28-20-8-5-17(23)13-19(16)20;/h3-8,13-14,28-29H,2,9-12H2,1H3,(H,25,30)(H2,24,26,27);1H. The molecule has 0 aliphatic rings. The highest BCUT2D eigenvalue weighted by Crippen LogP contribution is 2.19. The smallest absolute Gasteiger partial charge is 0.251 e. The van der Waals surface area contributed by atoms with Crippen LogP contribution in [0.25, 0.3) is 10.9 Å². The number of hydrogen-bond donors (Lipinski definition) is 5. The average Bonchev–Trinajstić information content (AvgIpc) is 3.13. The molecular formula is C22H27FIN5O2. The highest BCUT2D eigenvalue weighted by molar-refractivity contribution is 14.0. The van der Waals surface area contributed by atoms with E-state index in [9.17, 15) is 14.3 Å². The lowest BCUT2D eigenvalue weighted by Gasteiger charge is -2.12. The lowest BCUT2D eigenvalue weighted by Crippen LogP contribution is -2.41. The molecule has 3 aromatic rings. The summed E-state index contributed by atoms with van der Waals surface area (Å²) in [6, 6.07) is 10.8. The van der Waals surface area contributed by atoms with Gasteiger partial charge >= 0.3 is 0 Å². The van der Waals surface area contributed by atoms with Gasteiger partial charge in [0.15, 0.2) is 5.96 Å². The number of carbonyl (C=O) groups is 1. The number of aromatic hydroxyl groups is 1. The first-order chi connectivity index (χ1) is 14.6. The Morgan fingerprint density at radius 2 is 1.84 bits per heavy atom. The van der Waals surface area contributed by atoms with E-state index in [-0.39, 0.29) is 41.5 Å². The first-order valence-electron chi connectivity index (χ1n) is 9.91. The van der Waals surface area contributed by atoms with Crippen molar-refractivity contribution in [2.75, 3.05) is 26.2 Å². The molecule has 3 rings (SSSR count). The maximum absolute atomic E-state index is 13.5. The van der Waals surface area contributed by atoms with Crippen LogP contribution in [0.5, 0.6) is 5.75 Å². The molecule has 0 spiro atoms.